The number of rotatable bonds is 1. The zero-order chi connectivity index (χ0) is 15.4. The zero-order valence-electron chi connectivity index (χ0n) is 12.7. The van der Waals surface area contributed by atoms with Crippen LogP contribution in [-0.4, -0.2) is 17.3 Å². The van der Waals surface area contributed by atoms with Crippen LogP contribution in [0.15, 0.2) is 68.6 Å². The van der Waals surface area contributed by atoms with Crippen LogP contribution in [0, 0.1) is 17.8 Å². The molecule has 0 saturated carbocycles. The highest BCUT2D eigenvalue weighted by atomic mass is 32.2. The highest BCUT2D eigenvalue weighted by molar-refractivity contribution is 8.04. The lowest BCUT2D eigenvalue weighted by Gasteiger charge is -2.16. The molecule has 22 heavy (non-hydrogen) atoms. The Morgan fingerprint density at radius 2 is 2.14 bits per heavy atom. The van der Waals surface area contributed by atoms with Gasteiger partial charge in [0.1, 0.15) is 0 Å². The Morgan fingerprint density at radius 3 is 3.00 bits per heavy atom. The van der Waals surface area contributed by atoms with Crippen molar-refractivity contribution in [1.29, 1.82) is 0 Å². The average molecular weight is 323 g/mol. The largest absolute Gasteiger partial charge is 0.262 e. The number of fused-ring (bicyclic) bond motifs is 2. The summed E-state index contributed by atoms with van der Waals surface area (Å²) >= 11 is 3.44. The molecule has 3 rings (SSSR count). The molecule has 2 heterocycles. The number of nitrogens with zero attached hydrogens (tertiary/aromatic N) is 1. The summed E-state index contributed by atoms with van der Waals surface area (Å²) in [6, 6.07) is 0. The molecule has 0 N–H and O–H groups in total. The van der Waals surface area contributed by atoms with Crippen molar-refractivity contribution in [3.8, 4) is 11.8 Å². The first kappa shape index (κ1) is 15.3. The van der Waals surface area contributed by atoms with Gasteiger partial charge in [-0.3, -0.25) is 4.99 Å². The minimum Gasteiger partial charge on any atom is -0.262 e. The summed E-state index contributed by atoms with van der Waals surface area (Å²) in [6.07, 6.45) is 17.8. The normalized spacial score (nSPS) is 26.3. The van der Waals surface area contributed by atoms with Gasteiger partial charge in [-0.15, -0.1) is 17.5 Å². The Balaban J connectivity index is 2.04. The predicted octanol–water partition coefficient (Wildman–Crippen LogP) is 4.88. The van der Waals surface area contributed by atoms with E-state index in [1.807, 2.05) is 19.1 Å². The van der Waals surface area contributed by atoms with Crippen molar-refractivity contribution in [3.63, 3.8) is 0 Å². The maximum atomic E-state index is 4.72. The van der Waals surface area contributed by atoms with Crippen LogP contribution >= 0.6 is 23.5 Å². The molecule has 3 aliphatic rings. The van der Waals surface area contributed by atoms with E-state index in [0.717, 1.165) is 17.0 Å². The van der Waals surface area contributed by atoms with E-state index in [1.54, 1.807) is 23.5 Å². The second-order valence-electron chi connectivity index (χ2n) is 5.16. The summed E-state index contributed by atoms with van der Waals surface area (Å²) in [6.45, 7) is 2.02. The summed E-state index contributed by atoms with van der Waals surface area (Å²) in [5.41, 5.74) is 5.71. The predicted molar refractivity (Wildman–Crippen MR) is 99.9 cm³/mol. The van der Waals surface area contributed by atoms with Crippen molar-refractivity contribution >= 4 is 29.2 Å². The van der Waals surface area contributed by atoms with Gasteiger partial charge >= 0.3 is 0 Å². The summed E-state index contributed by atoms with van der Waals surface area (Å²) in [5, 5.41) is -0.0498. The van der Waals surface area contributed by atoms with Crippen LogP contribution < -0.4 is 0 Å². The molecule has 2 aliphatic heterocycles. The van der Waals surface area contributed by atoms with Gasteiger partial charge in [0.2, 0.25) is 0 Å². The van der Waals surface area contributed by atoms with Crippen LogP contribution in [-0.2, 0) is 0 Å². The highest BCUT2D eigenvalue weighted by Gasteiger charge is 2.17. The smallest absolute Gasteiger partial charge is 0.160 e. The fourth-order valence-corrected chi connectivity index (χ4v) is 3.75. The molecule has 0 aromatic carbocycles. The third-order valence-corrected chi connectivity index (χ3v) is 5.28. The van der Waals surface area contributed by atoms with Crippen LogP contribution in [0.3, 0.4) is 0 Å². The molecular weight excluding hydrogens is 306 g/mol. The van der Waals surface area contributed by atoms with Crippen molar-refractivity contribution < 1.29 is 0 Å². The number of allylic oxidation sites excluding steroid dienone is 7. The van der Waals surface area contributed by atoms with E-state index in [-0.39, 0.29) is 11.3 Å². The molecular formula is C19H17NS2. The second kappa shape index (κ2) is 7.11. The van der Waals surface area contributed by atoms with Crippen LogP contribution in [0.4, 0.5) is 0 Å². The molecule has 2 atom stereocenters. The SMILES string of the molecule is CSC1=C=CC2=C(C=C1)CC1C#C[C@H](N=C(C)C=CC=C1)S2. The molecule has 0 saturated heterocycles. The first-order chi connectivity index (χ1) is 10.7. The van der Waals surface area contributed by atoms with E-state index in [4.69, 9.17) is 4.99 Å². The van der Waals surface area contributed by atoms with Gasteiger partial charge in [0, 0.05) is 21.4 Å². The third-order valence-electron chi connectivity index (χ3n) is 3.50. The number of aliphatic imine (C=N–C) groups is 1. The van der Waals surface area contributed by atoms with Crippen molar-refractivity contribution in [1.82, 2.24) is 0 Å². The highest BCUT2D eigenvalue weighted by Crippen LogP contribution is 2.34. The molecule has 1 aliphatic carbocycles. The molecule has 0 aromatic rings. The fourth-order valence-electron chi connectivity index (χ4n) is 2.35. The van der Waals surface area contributed by atoms with Gasteiger partial charge in [0.05, 0.1) is 0 Å². The first-order valence-corrected chi connectivity index (χ1v) is 9.34. The molecule has 0 spiro atoms. The Kier molecular flexibility index (Phi) is 4.95. The molecule has 1 unspecified atom stereocenters. The zero-order valence-corrected chi connectivity index (χ0v) is 14.3. The number of hydrogen-bond donors (Lipinski definition) is 0. The topological polar surface area (TPSA) is 12.4 Å². The van der Waals surface area contributed by atoms with Crippen molar-refractivity contribution in [3.05, 3.63) is 63.6 Å². The lowest BCUT2D eigenvalue weighted by Crippen LogP contribution is -2.06. The van der Waals surface area contributed by atoms with Crippen LogP contribution in [0.5, 0.6) is 0 Å². The van der Waals surface area contributed by atoms with Gasteiger partial charge in [-0.1, -0.05) is 47.9 Å². The van der Waals surface area contributed by atoms with E-state index in [9.17, 15) is 0 Å². The van der Waals surface area contributed by atoms with Gasteiger partial charge in [-0.25, -0.2) is 0 Å². The third kappa shape index (κ3) is 3.78. The van der Waals surface area contributed by atoms with Gasteiger partial charge in [-0.05, 0) is 43.4 Å². The lowest BCUT2D eigenvalue weighted by molar-refractivity contribution is 0.832. The Hall–Kier alpha value is -1.59. The maximum absolute atomic E-state index is 4.72. The molecule has 3 heteroatoms. The quantitative estimate of drug-likeness (QED) is 0.503. The molecule has 0 aromatic heterocycles. The van der Waals surface area contributed by atoms with Crippen molar-refractivity contribution in [2.75, 3.05) is 6.26 Å². The van der Waals surface area contributed by atoms with E-state index in [1.165, 1.54) is 10.5 Å². The lowest BCUT2D eigenvalue weighted by atomic mass is 9.98. The summed E-state index contributed by atoms with van der Waals surface area (Å²) < 4.78 is 0. The van der Waals surface area contributed by atoms with Crippen molar-refractivity contribution in [2.45, 2.75) is 18.7 Å². The number of hydrogen-bond acceptors (Lipinski definition) is 3. The molecule has 0 radical (unpaired) electrons. The Morgan fingerprint density at radius 1 is 1.23 bits per heavy atom. The van der Waals surface area contributed by atoms with Crippen molar-refractivity contribution in [2.24, 2.45) is 10.9 Å². The van der Waals surface area contributed by atoms with Gasteiger partial charge in [0.15, 0.2) is 5.37 Å². The van der Waals surface area contributed by atoms with Gasteiger partial charge in [0.25, 0.3) is 0 Å². The molecule has 0 amide bonds. The molecule has 110 valence electrons. The maximum Gasteiger partial charge on any atom is 0.160 e. The van der Waals surface area contributed by atoms with E-state index >= 15 is 0 Å². The summed E-state index contributed by atoms with van der Waals surface area (Å²) in [4.78, 5) is 7.11. The Bertz CT molecular complexity index is 744. The fraction of sp³-hybridized carbons (Fsp3) is 0.263. The minimum absolute atomic E-state index is 0.0498. The molecule has 0 fully saturated rings. The van der Waals surface area contributed by atoms with Crippen LogP contribution in [0.25, 0.3) is 0 Å². The summed E-state index contributed by atoms with van der Waals surface area (Å²) in [5.74, 6) is 6.94. The standard InChI is InChI=1S/C19H17NS2/c1-14-5-3-4-6-15-7-12-19(20-14)22-18-11-10-17(21-2)9-8-16(18)13-15/h3-6,8-9,11,15,19H,13H2,1-2H3/t15?,19-/m1/s1. The minimum atomic E-state index is -0.0498. The average Bonchev–Trinajstić information content (AvgIpc) is 2.68. The Labute approximate surface area is 140 Å². The van der Waals surface area contributed by atoms with Crippen LogP contribution in [0.1, 0.15) is 13.3 Å². The van der Waals surface area contributed by atoms with Gasteiger partial charge in [-0.2, -0.15) is 0 Å². The van der Waals surface area contributed by atoms with E-state index in [0.29, 0.717) is 0 Å². The van der Waals surface area contributed by atoms with E-state index < -0.39 is 0 Å². The van der Waals surface area contributed by atoms with Crippen LogP contribution in [0.2, 0.25) is 0 Å². The number of thioether (sulfide) groups is 2. The molecule has 1 nitrogen and oxygen atoms in total. The first-order valence-electron chi connectivity index (χ1n) is 7.23. The van der Waals surface area contributed by atoms with E-state index in [2.05, 4.69) is 54.2 Å². The summed E-state index contributed by atoms with van der Waals surface area (Å²) in [7, 11) is 0. The monoisotopic (exact) mass is 323 g/mol. The second-order valence-corrected chi connectivity index (χ2v) is 7.13. The molecule has 2 bridgehead atoms. The van der Waals surface area contributed by atoms with Gasteiger partial charge < -0.3 is 0 Å².